The molecule has 0 bridgehead atoms. The largest absolute Gasteiger partial charge is 0.346 e. The first-order valence-corrected chi connectivity index (χ1v) is 6.76. The fourth-order valence-corrected chi connectivity index (χ4v) is 2.15. The van der Waals surface area contributed by atoms with Crippen LogP contribution in [0.1, 0.15) is 37.4 Å². The Morgan fingerprint density at radius 3 is 2.63 bits per heavy atom. The molecule has 2 aromatic rings. The highest BCUT2D eigenvalue weighted by molar-refractivity contribution is 5.62. The maximum atomic E-state index is 6.02. The number of nitrogens with zero attached hydrogens (tertiary/aromatic N) is 1. The first kappa shape index (κ1) is 13.8. The molecule has 0 aliphatic rings. The zero-order chi connectivity index (χ0) is 14.0. The van der Waals surface area contributed by atoms with Crippen molar-refractivity contribution in [3.05, 3.63) is 41.3 Å². The molecule has 0 saturated carbocycles. The van der Waals surface area contributed by atoms with E-state index in [4.69, 9.17) is 10.7 Å². The van der Waals surface area contributed by atoms with Crippen molar-refractivity contribution in [2.45, 2.75) is 46.1 Å². The molecule has 0 amide bonds. The Balaban J connectivity index is 2.22. The summed E-state index contributed by atoms with van der Waals surface area (Å²) in [6.45, 7) is 8.26. The van der Waals surface area contributed by atoms with E-state index in [1.807, 2.05) is 13.8 Å². The molecule has 0 spiro atoms. The number of aryl methyl sites for hydroxylation is 3. The van der Waals surface area contributed by atoms with Crippen LogP contribution in [0.25, 0.3) is 11.3 Å². The van der Waals surface area contributed by atoms with Crippen molar-refractivity contribution in [1.82, 2.24) is 9.97 Å². The molecule has 0 radical (unpaired) electrons. The highest BCUT2D eigenvalue weighted by atomic mass is 14.9. The Kier molecular flexibility index (Phi) is 3.76. The van der Waals surface area contributed by atoms with Gasteiger partial charge >= 0.3 is 0 Å². The Hall–Kier alpha value is -1.61. The summed E-state index contributed by atoms with van der Waals surface area (Å²) in [6, 6.07) is 8.44. The van der Waals surface area contributed by atoms with Gasteiger partial charge in [-0.05, 0) is 40.2 Å². The highest BCUT2D eigenvalue weighted by Gasteiger charge is 2.14. The third kappa shape index (κ3) is 3.67. The molecule has 0 atom stereocenters. The summed E-state index contributed by atoms with van der Waals surface area (Å²) in [5, 5.41) is 0. The fraction of sp³-hybridized carbons (Fsp3) is 0.438. The maximum absolute atomic E-state index is 6.02. The SMILES string of the molecule is Cc1cccc(-c2nc(CCC(C)(C)N)[nH]c2C)c1. The standard InChI is InChI=1S/C16H23N3/c1-11-6-5-7-13(10-11)15-12(2)18-14(19-15)8-9-16(3,4)17/h5-7,10H,8-9,17H2,1-4H3,(H,18,19). The number of nitrogens with one attached hydrogen (secondary N) is 1. The van der Waals surface area contributed by atoms with E-state index in [9.17, 15) is 0 Å². The summed E-state index contributed by atoms with van der Waals surface area (Å²) in [6.07, 6.45) is 1.81. The van der Waals surface area contributed by atoms with Gasteiger partial charge in [0.1, 0.15) is 5.82 Å². The summed E-state index contributed by atoms with van der Waals surface area (Å²) in [5.41, 5.74) is 10.5. The molecular weight excluding hydrogens is 234 g/mol. The molecule has 0 aliphatic carbocycles. The minimum Gasteiger partial charge on any atom is -0.346 e. The lowest BCUT2D eigenvalue weighted by Crippen LogP contribution is -2.32. The number of benzene rings is 1. The number of rotatable bonds is 4. The van der Waals surface area contributed by atoms with Gasteiger partial charge in [-0.1, -0.05) is 23.8 Å². The van der Waals surface area contributed by atoms with Crippen molar-refractivity contribution >= 4 is 0 Å². The smallest absolute Gasteiger partial charge is 0.107 e. The van der Waals surface area contributed by atoms with Crippen LogP contribution in [0.2, 0.25) is 0 Å². The molecule has 3 heteroatoms. The molecule has 0 unspecified atom stereocenters. The molecule has 0 fully saturated rings. The van der Waals surface area contributed by atoms with Crippen molar-refractivity contribution in [3.63, 3.8) is 0 Å². The summed E-state index contributed by atoms with van der Waals surface area (Å²) < 4.78 is 0. The molecule has 0 aliphatic heterocycles. The average Bonchev–Trinajstić information content (AvgIpc) is 2.67. The van der Waals surface area contributed by atoms with Crippen LogP contribution in [0.15, 0.2) is 24.3 Å². The van der Waals surface area contributed by atoms with E-state index in [1.165, 1.54) is 11.1 Å². The van der Waals surface area contributed by atoms with Crippen LogP contribution in [0, 0.1) is 13.8 Å². The van der Waals surface area contributed by atoms with Crippen molar-refractivity contribution in [2.75, 3.05) is 0 Å². The Morgan fingerprint density at radius 1 is 1.26 bits per heavy atom. The molecule has 3 nitrogen and oxygen atoms in total. The van der Waals surface area contributed by atoms with E-state index < -0.39 is 0 Å². The van der Waals surface area contributed by atoms with Crippen LogP contribution in [0.3, 0.4) is 0 Å². The lowest BCUT2D eigenvalue weighted by molar-refractivity contribution is 0.472. The minimum absolute atomic E-state index is 0.149. The van der Waals surface area contributed by atoms with Gasteiger partial charge in [-0.25, -0.2) is 4.98 Å². The van der Waals surface area contributed by atoms with Crippen LogP contribution in [-0.2, 0) is 6.42 Å². The van der Waals surface area contributed by atoms with E-state index >= 15 is 0 Å². The zero-order valence-corrected chi connectivity index (χ0v) is 12.2. The van der Waals surface area contributed by atoms with Gasteiger partial charge in [-0.2, -0.15) is 0 Å². The van der Waals surface area contributed by atoms with Gasteiger partial charge in [0.15, 0.2) is 0 Å². The normalized spacial score (nSPS) is 11.8. The van der Waals surface area contributed by atoms with Gasteiger partial charge in [0, 0.05) is 23.2 Å². The van der Waals surface area contributed by atoms with Gasteiger partial charge in [0.25, 0.3) is 0 Å². The number of hydrogen-bond donors (Lipinski definition) is 2. The van der Waals surface area contributed by atoms with E-state index in [-0.39, 0.29) is 5.54 Å². The third-order valence-corrected chi connectivity index (χ3v) is 3.23. The Bertz CT molecular complexity index is 562. The monoisotopic (exact) mass is 257 g/mol. The number of aromatic amines is 1. The third-order valence-electron chi connectivity index (χ3n) is 3.23. The van der Waals surface area contributed by atoms with Crippen LogP contribution < -0.4 is 5.73 Å². The van der Waals surface area contributed by atoms with Gasteiger partial charge in [0.05, 0.1) is 5.69 Å². The van der Waals surface area contributed by atoms with Crippen LogP contribution in [0.5, 0.6) is 0 Å². The quantitative estimate of drug-likeness (QED) is 0.882. The summed E-state index contributed by atoms with van der Waals surface area (Å²) in [7, 11) is 0. The summed E-state index contributed by atoms with van der Waals surface area (Å²) >= 11 is 0. The molecule has 3 N–H and O–H groups in total. The van der Waals surface area contributed by atoms with Gasteiger partial charge in [0.2, 0.25) is 0 Å². The first-order valence-electron chi connectivity index (χ1n) is 6.76. The van der Waals surface area contributed by atoms with Crippen LogP contribution in [0.4, 0.5) is 0 Å². The predicted molar refractivity (Wildman–Crippen MR) is 80.1 cm³/mol. The molecular formula is C16H23N3. The average molecular weight is 257 g/mol. The second-order valence-corrected chi connectivity index (χ2v) is 6.02. The topological polar surface area (TPSA) is 54.7 Å². The molecule has 102 valence electrons. The van der Waals surface area contributed by atoms with Crippen molar-refractivity contribution in [1.29, 1.82) is 0 Å². The van der Waals surface area contributed by atoms with Crippen LogP contribution >= 0.6 is 0 Å². The minimum atomic E-state index is -0.149. The molecule has 1 heterocycles. The second kappa shape index (κ2) is 5.17. The van der Waals surface area contributed by atoms with Crippen molar-refractivity contribution in [2.24, 2.45) is 5.73 Å². The van der Waals surface area contributed by atoms with E-state index in [1.54, 1.807) is 0 Å². The molecule has 19 heavy (non-hydrogen) atoms. The van der Waals surface area contributed by atoms with Gasteiger partial charge in [-0.15, -0.1) is 0 Å². The number of aromatic nitrogens is 2. The number of nitrogens with two attached hydrogens (primary N) is 1. The number of hydrogen-bond acceptors (Lipinski definition) is 2. The lowest BCUT2D eigenvalue weighted by atomic mass is 10.0. The second-order valence-electron chi connectivity index (χ2n) is 6.02. The molecule has 1 aromatic carbocycles. The van der Waals surface area contributed by atoms with E-state index in [0.29, 0.717) is 0 Å². The fourth-order valence-electron chi connectivity index (χ4n) is 2.15. The maximum Gasteiger partial charge on any atom is 0.107 e. The molecule has 2 rings (SSSR count). The van der Waals surface area contributed by atoms with Gasteiger partial charge in [-0.3, -0.25) is 0 Å². The lowest BCUT2D eigenvalue weighted by Gasteiger charge is -2.16. The Labute approximate surface area is 115 Å². The van der Waals surface area contributed by atoms with Crippen molar-refractivity contribution < 1.29 is 0 Å². The summed E-state index contributed by atoms with van der Waals surface area (Å²) in [4.78, 5) is 8.08. The zero-order valence-electron chi connectivity index (χ0n) is 12.2. The van der Waals surface area contributed by atoms with Gasteiger partial charge < -0.3 is 10.7 Å². The van der Waals surface area contributed by atoms with Crippen LogP contribution in [-0.4, -0.2) is 15.5 Å². The number of H-pyrrole nitrogens is 1. The Morgan fingerprint density at radius 2 is 2.00 bits per heavy atom. The summed E-state index contributed by atoms with van der Waals surface area (Å²) in [5.74, 6) is 1.02. The predicted octanol–water partition coefficient (Wildman–Crippen LogP) is 3.36. The molecule has 1 aromatic heterocycles. The first-order chi connectivity index (χ1) is 8.85. The number of imidazole rings is 1. The van der Waals surface area contributed by atoms with Crippen molar-refractivity contribution in [3.8, 4) is 11.3 Å². The van der Waals surface area contributed by atoms with E-state index in [0.717, 1.165) is 30.1 Å². The molecule has 0 saturated heterocycles. The highest BCUT2D eigenvalue weighted by Crippen LogP contribution is 2.22. The van der Waals surface area contributed by atoms with E-state index in [2.05, 4.69) is 43.1 Å².